The number of allylic oxidation sites excluding steroid dienone is 1. The van der Waals surface area contributed by atoms with E-state index in [1.807, 2.05) is 32.1 Å². The molecule has 4 nitrogen and oxygen atoms in total. The van der Waals surface area contributed by atoms with Gasteiger partial charge in [0.15, 0.2) is 0 Å². The summed E-state index contributed by atoms with van der Waals surface area (Å²) < 4.78 is 0. The summed E-state index contributed by atoms with van der Waals surface area (Å²) in [5.41, 5.74) is 3.02. The lowest BCUT2D eigenvalue weighted by Gasteiger charge is -2.10. The van der Waals surface area contributed by atoms with E-state index in [-0.39, 0.29) is 11.8 Å². The first-order valence-electron chi connectivity index (χ1n) is 6.30. The summed E-state index contributed by atoms with van der Waals surface area (Å²) in [4.78, 5) is 22.9. The van der Waals surface area contributed by atoms with Crippen LogP contribution in [0.1, 0.15) is 32.8 Å². The molecule has 0 aliphatic carbocycles. The Morgan fingerprint density at radius 3 is 2.47 bits per heavy atom. The van der Waals surface area contributed by atoms with Crippen molar-refractivity contribution >= 4 is 23.2 Å². The average Bonchev–Trinajstić information content (AvgIpc) is 2.33. The Morgan fingerprint density at radius 2 is 1.89 bits per heavy atom. The van der Waals surface area contributed by atoms with Crippen LogP contribution in [-0.4, -0.2) is 11.8 Å². The summed E-state index contributed by atoms with van der Waals surface area (Å²) in [5.74, 6) is -0.256. The van der Waals surface area contributed by atoms with E-state index in [1.165, 1.54) is 6.92 Å². The highest BCUT2D eigenvalue weighted by Gasteiger charge is 2.06. The lowest BCUT2D eigenvalue weighted by atomic mass is 10.1. The van der Waals surface area contributed by atoms with Gasteiger partial charge in [0, 0.05) is 23.9 Å². The molecule has 0 aliphatic rings. The summed E-state index contributed by atoms with van der Waals surface area (Å²) >= 11 is 0. The van der Waals surface area contributed by atoms with Crippen LogP contribution in [0.3, 0.4) is 0 Å². The van der Waals surface area contributed by atoms with Gasteiger partial charge in [-0.2, -0.15) is 0 Å². The van der Waals surface area contributed by atoms with Crippen LogP contribution in [0.4, 0.5) is 11.4 Å². The highest BCUT2D eigenvalue weighted by Crippen LogP contribution is 2.20. The SMILES string of the molecule is CC/C=C(\C)C(=O)Nc1ccc(C)c(NC(C)=O)c1. The molecule has 1 aromatic rings. The van der Waals surface area contributed by atoms with Gasteiger partial charge in [0.25, 0.3) is 5.91 Å². The number of benzene rings is 1. The zero-order chi connectivity index (χ0) is 14.4. The fourth-order valence-electron chi connectivity index (χ4n) is 1.65. The number of nitrogens with one attached hydrogen (secondary N) is 2. The van der Waals surface area contributed by atoms with Crippen molar-refractivity contribution < 1.29 is 9.59 Å². The molecule has 0 saturated carbocycles. The lowest BCUT2D eigenvalue weighted by Crippen LogP contribution is -2.13. The number of hydrogen-bond acceptors (Lipinski definition) is 2. The molecule has 102 valence electrons. The average molecular weight is 260 g/mol. The van der Waals surface area contributed by atoms with Gasteiger partial charge < -0.3 is 10.6 Å². The first kappa shape index (κ1) is 15.0. The normalized spacial score (nSPS) is 11.1. The fourth-order valence-corrected chi connectivity index (χ4v) is 1.65. The van der Waals surface area contributed by atoms with E-state index in [9.17, 15) is 9.59 Å². The lowest BCUT2D eigenvalue weighted by molar-refractivity contribution is -0.114. The zero-order valence-corrected chi connectivity index (χ0v) is 11.8. The Labute approximate surface area is 113 Å². The van der Waals surface area contributed by atoms with Crippen LogP contribution in [0.15, 0.2) is 29.8 Å². The van der Waals surface area contributed by atoms with Gasteiger partial charge in [0.1, 0.15) is 0 Å². The van der Waals surface area contributed by atoms with Gasteiger partial charge in [0.05, 0.1) is 0 Å². The molecule has 1 aromatic carbocycles. The highest BCUT2D eigenvalue weighted by molar-refractivity contribution is 6.03. The zero-order valence-electron chi connectivity index (χ0n) is 11.8. The van der Waals surface area contributed by atoms with Gasteiger partial charge in [0.2, 0.25) is 5.91 Å². The van der Waals surface area contributed by atoms with Gasteiger partial charge in [-0.15, -0.1) is 0 Å². The maximum absolute atomic E-state index is 11.9. The third-order valence-electron chi connectivity index (χ3n) is 2.67. The van der Waals surface area contributed by atoms with Gasteiger partial charge in [-0.1, -0.05) is 19.1 Å². The van der Waals surface area contributed by atoms with Gasteiger partial charge in [-0.05, 0) is 38.0 Å². The number of aryl methyl sites for hydroxylation is 1. The van der Waals surface area contributed by atoms with Crippen LogP contribution in [-0.2, 0) is 9.59 Å². The summed E-state index contributed by atoms with van der Waals surface area (Å²) in [5, 5.41) is 5.55. The van der Waals surface area contributed by atoms with E-state index in [0.717, 1.165) is 12.0 Å². The number of carbonyl (C=O) groups is 2. The minimum atomic E-state index is -0.131. The molecular formula is C15H20N2O2. The predicted molar refractivity (Wildman–Crippen MR) is 78.2 cm³/mol. The van der Waals surface area contributed by atoms with E-state index in [1.54, 1.807) is 13.0 Å². The number of rotatable bonds is 4. The molecule has 0 radical (unpaired) electrons. The van der Waals surface area contributed by atoms with E-state index in [4.69, 9.17) is 0 Å². The molecule has 19 heavy (non-hydrogen) atoms. The highest BCUT2D eigenvalue weighted by atomic mass is 16.2. The fraction of sp³-hybridized carbons (Fsp3) is 0.333. The molecule has 0 saturated heterocycles. The van der Waals surface area contributed by atoms with E-state index >= 15 is 0 Å². The molecule has 0 aromatic heterocycles. The molecule has 0 unspecified atom stereocenters. The van der Waals surface area contributed by atoms with Crippen LogP contribution >= 0.6 is 0 Å². The molecule has 0 heterocycles. The molecule has 0 fully saturated rings. The Hall–Kier alpha value is -2.10. The Morgan fingerprint density at radius 1 is 1.21 bits per heavy atom. The van der Waals surface area contributed by atoms with Gasteiger partial charge >= 0.3 is 0 Å². The topological polar surface area (TPSA) is 58.2 Å². The number of carbonyl (C=O) groups excluding carboxylic acids is 2. The minimum Gasteiger partial charge on any atom is -0.326 e. The summed E-state index contributed by atoms with van der Waals surface area (Å²) in [6.07, 6.45) is 2.70. The monoisotopic (exact) mass is 260 g/mol. The third-order valence-corrected chi connectivity index (χ3v) is 2.67. The van der Waals surface area contributed by atoms with Crippen molar-refractivity contribution in [2.24, 2.45) is 0 Å². The smallest absolute Gasteiger partial charge is 0.250 e. The van der Waals surface area contributed by atoms with Gasteiger partial charge in [-0.3, -0.25) is 9.59 Å². The first-order valence-corrected chi connectivity index (χ1v) is 6.30. The van der Waals surface area contributed by atoms with Crippen LogP contribution in [0.2, 0.25) is 0 Å². The standard InChI is InChI=1S/C15H20N2O2/c1-5-6-11(3)15(19)17-13-8-7-10(2)14(9-13)16-12(4)18/h6-9H,5H2,1-4H3,(H,16,18)(H,17,19)/b11-6+. The molecule has 1 rings (SSSR count). The Balaban J connectivity index is 2.88. The van der Waals surface area contributed by atoms with Crippen molar-refractivity contribution in [3.05, 3.63) is 35.4 Å². The Kier molecular flexibility index (Phi) is 5.30. The van der Waals surface area contributed by atoms with Crippen molar-refractivity contribution in [3.8, 4) is 0 Å². The van der Waals surface area contributed by atoms with Crippen LogP contribution in [0.25, 0.3) is 0 Å². The minimum absolute atomic E-state index is 0.125. The molecule has 0 atom stereocenters. The molecule has 2 amide bonds. The van der Waals surface area contributed by atoms with Crippen molar-refractivity contribution in [1.29, 1.82) is 0 Å². The van der Waals surface area contributed by atoms with Crippen molar-refractivity contribution in [1.82, 2.24) is 0 Å². The van der Waals surface area contributed by atoms with Crippen LogP contribution < -0.4 is 10.6 Å². The second-order valence-corrected chi connectivity index (χ2v) is 4.46. The number of anilines is 2. The molecule has 2 N–H and O–H groups in total. The van der Waals surface area contributed by atoms with E-state index in [2.05, 4.69) is 10.6 Å². The number of hydrogen-bond donors (Lipinski definition) is 2. The molecule has 0 aliphatic heterocycles. The molecule has 0 spiro atoms. The second-order valence-electron chi connectivity index (χ2n) is 4.46. The quantitative estimate of drug-likeness (QED) is 0.816. The number of amides is 2. The first-order chi connectivity index (χ1) is 8.93. The van der Waals surface area contributed by atoms with Crippen LogP contribution in [0, 0.1) is 6.92 Å². The summed E-state index contributed by atoms with van der Waals surface area (Å²) in [7, 11) is 0. The van der Waals surface area contributed by atoms with E-state index in [0.29, 0.717) is 16.9 Å². The molecule has 0 bridgehead atoms. The van der Waals surface area contributed by atoms with Crippen molar-refractivity contribution in [2.75, 3.05) is 10.6 Å². The second kappa shape index (κ2) is 6.73. The Bertz CT molecular complexity index is 519. The van der Waals surface area contributed by atoms with Crippen molar-refractivity contribution in [3.63, 3.8) is 0 Å². The maximum atomic E-state index is 11.9. The predicted octanol–water partition coefficient (Wildman–Crippen LogP) is 3.25. The largest absolute Gasteiger partial charge is 0.326 e. The molecule has 4 heteroatoms. The van der Waals surface area contributed by atoms with Crippen molar-refractivity contribution in [2.45, 2.75) is 34.1 Å². The maximum Gasteiger partial charge on any atom is 0.250 e. The van der Waals surface area contributed by atoms with E-state index < -0.39 is 0 Å². The summed E-state index contributed by atoms with van der Waals surface area (Å²) in [6, 6.07) is 5.44. The van der Waals surface area contributed by atoms with Gasteiger partial charge in [-0.25, -0.2) is 0 Å². The summed E-state index contributed by atoms with van der Waals surface area (Å²) in [6.45, 7) is 7.12. The van der Waals surface area contributed by atoms with Crippen LogP contribution in [0.5, 0.6) is 0 Å². The third kappa shape index (κ3) is 4.58. The molecular weight excluding hydrogens is 240 g/mol.